The van der Waals surface area contributed by atoms with E-state index in [4.69, 9.17) is 14.7 Å². The lowest BCUT2D eigenvalue weighted by Gasteiger charge is -2.14. The Labute approximate surface area is 138 Å². The normalized spacial score (nSPS) is 9.86. The molecule has 0 saturated carbocycles. The molecular weight excluding hydrogens is 346 g/mol. The van der Waals surface area contributed by atoms with Crippen LogP contribution in [0.25, 0.3) is 0 Å². The fourth-order valence-electron chi connectivity index (χ4n) is 1.89. The van der Waals surface area contributed by atoms with Gasteiger partial charge in [-0.2, -0.15) is 5.26 Å². The van der Waals surface area contributed by atoms with Crippen LogP contribution in [0, 0.1) is 11.3 Å². The molecule has 114 valence electrons. The van der Waals surface area contributed by atoms with E-state index in [-0.39, 0.29) is 6.61 Å². The van der Waals surface area contributed by atoms with Crippen LogP contribution in [0.3, 0.4) is 0 Å². The summed E-state index contributed by atoms with van der Waals surface area (Å²) in [5, 5.41) is 8.61. The summed E-state index contributed by atoms with van der Waals surface area (Å²) in [6.07, 6.45) is 0. The number of ether oxygens (including phenoxy) is 2. The van der Waals surface area contributed by atoms with Crippen LogP contribution in [0.4, 0.5) is 5.69 Å². The molecule has 0 fully saturated rings. The number of rotatable bonds is 7. The highest BCUT2D eigenvalue weighted by Gasteiger charge is 2.11. The summed E-state index contributed by atoms with van der Waals surface area (Å²) in [5.74, 6) is 1.12. The number of nitrogens with one attached hydrogen (secondary N) is 2. The molecular formula is C16H16BrN3O2. The molecule has 0 aromatic heterocycles. The number of hydrogen-bond donors (Lipinski definition) is 2. The Morgan fingerprint density at radius 3 is 2.68 bits per heavy atom. The summed E-state index contributed by atoms with van der Waals surface area (Å²) in [4.78, 5) is 0. The van der Waals surface area contributed by atoms with Gasteiger partial charge in [0.2, 0.25) is 0 Å². The number of halogens is 1. The number of para-hydroxylation sites is 1. The fraction of sp³-hybridized carbons (Fsp3) is 0.188. The minimum atomic E-state index is -0.0257. The third-order valence-corrected chi connectivity index (χ3v) is 3.46. The van der Waals surface area contributed by atoms with Crippen LogP contribution in [0.15, 0.2) is 46.9 Å². The summed E-state index contributed by atoms with van der Waals surface area (Å²) in [6, 6.07) is 15.6. The van der Waals surface area contributed by atoms with E-state index in [0.717, 1.165) is 15.7 Å². The molecule has 2 aromatic rings. The second-order valence-electron chi connectivity index (χ2n) is 4.40. The monoisotopic (exact) mass is 361 g/mol. The van der Waals surface area contributed by atoms with Crippen molar-refractivity contribution in [2.24, 2.45) is 0 Å². The molecule has 0 bridgehead atoms. The van der Waals surface area contributed by atoms with Gasteiger partial charge in [0.05, 0.1) is 11.6 Å². The molecule has 0 unspecified atom stereocenters. The van der Waals surface area contributed by atoms with Crippen LogP contribution < -0.4 is 20.3 Å². The zero-order chi connectivity index (χ0) is 15.8. The first-order chi connectivity index (χ1) is 10.7. The van der Waals surface area contributed by atoms with Gasteiger partial charge in [-0.1, -0.05) is 18.2 Å². The van der Waals surface area contributed by atoms with Crippen LogP contribution in [0.5, 0.6) is 11.5 Å². The zero-order valence-corrected chi connectivity index (χ0v) is 13.7. The number of benzene rings is 2. The van der Waals surface area contributed by atoms with E-state index in [1.165, 1.54) is 0 Å². The molecule has 0 heterocycles. The predicted octanol–water partition coefficient (Wildman–Crippen LogP) is 3.48. The Balaban J connectivity index is 2.02. The second kappa shape index (κ2) is 8.27. The molecule has 0 aliphatic carbocycles. The summed E-state index contributed by atoms with van der Waals surface area (Å²) < 4.78 is 11.4. The molecule has 22 heavy (non-hydrogen) atoms. The largest absolute Gasteiger partial charge is 0.493 e. The summed E-state index contributed by atoms with van der Waals surface area (Å²) in [6.45, 7) is 0.574. The van der Waals surface area contributed by atoms with Crippen LogP contribution in [0.1, 0.15) is 5.56 Å². The molecule has 0 amide bonds. The van der Waals surface area contributed by atoms with Crippen molar-refractivity contribution >= 4 is 21.6 Å². The van der Waals surface area contributed by atoms with E-state index in [1.54, 1.807) is 7.11 Å². The molecule has 2 aromatic carbocycles. The first-order valence-electron chi connectivity index (χ1n) is 6.64. The molecule has 0 spiro atoms. The number of nitrogens with zero attached hydrogens (tertiary/aromatic N) is 1. The van der Waals surface area contributed by atoms with E-state index < -0.39 is 0 Å². The predicted molar refractivity (Wildman–Crippen MR) is 88.7 cm³/mol. The zero-order valence-electron chi connectivity index (χ0n) is 12.1. The van der Waals surface area contributed by atoms with E-state index in [2.05, 4.69) is 26.8 Å². The van der Waals surface area contributed by atoms with Crippen LogP contribution >= 0.6 is 15.9 Å². The number of nitriles is 1. The Kier molecular flexibility index (Phi) is 6.07. The van der Waals surface area contributed by atoms with Gasteiger partial charge in [-0.15, -0.1) is 0 Å². The topological polar surface area (TPSA) is 66.3 Å². The highest BCUT2D eigenvalue weighted by Crippen LogP contribution is 2.36. The quantitative estimate of drug-likeness (QED) is 0.739. The second-order valence-corrected chi connectivity index (χ2v) is 5.25. The lowest BCUT2D eigenvalue weighted by Crippen LogP contribution is -2.20. The first kappa shape index (κ1) is 16.1. The van der Waals surface area contributed by atoms with Crippen molar-refractivity contribution < 1.29 is 9.47 Å². The molecule has 5 nitrogen and oxygen atoms in total. The Hall–Kier alpha value is -2.23. The van der Waals surface area contributed by atoms with E-state index >= 15 is 0 Å². The van der Waals surface area contributed by atoms with Crippen molar-refractivity contribution in [2.45, 2.75) is 6.54 Å². The van der Waals surface area contributed by atoms with Gasteiger partial charge in [0.1, 0.15) is 6.07 Å². The van der Waals surface area contributed by atoms with Crippen LogP contribution in [-0.4, -0.2) is 13.7 Å². The highest BCUT2D eigenvalue weighted by molar-refractivity contribution is 9.10. The van der Waals surface area contributed by atoms with Gasteiger partial charge >= 0.3 is 0 Å². The fourth-order valence-corrected chi connectivity index (χ4v) is 2.49. The van der Waals surface area contributed by atoms with E-state index in [1.807, 2.05) is 48.5 Å². The van der Waals surface area contributed by atoms with Crippen molar-refractivity contribution in [2.75, 3.05) is 19.1 Å². The maximum absolute atomic E-state index is 8.61. The van der Waals surface area contributed by atoms with Crippen molar-refractivity contribution in [1.29, 1.82) is 5.26 Å². The highest BCUT2D eigenvalue weighted by atomic mass is 79.9. The van der Waals surface area contributed by atoms with E-state index in [0.29, 0.717) is 18.0 Å². The van der Waals surface area contributed by atoms with Crippen molar-refractivity contribution in [3.63, 3.8) is 0 Å². The van der Waals surface area contributed by atoms with Gasteiger partial charge in [0, 0.05) is 12.2 Å². The first-order valence-corrected chi connectivity index (χ1v) is 7.44. The third kappa shape index (κ3) is 4.38. The summed E-state index contributed by atoms with van der Waals surface area (Å²) in [5.41, 5.74) is 8.26. The minimum absolute atomic E-state index is 0.0257. The van der Waals surface area contributed by atoms with Gasteiger partial charge < -0.3 is 14.9 Å². The molecule has 2 rings (SSSR count). The van der Waals surface area contributed by atoms with Gasteiger partial charge in [0.15, 0.2) is 18.1 Å². The molecule has 0 radical (unpaired) electrons. The van der Waals surface area contributed by atoms with Crippen molar-refractivity contribution in [3.8, 4) is 17.6 Å². The maximum Gasteiger partial charge on any atom is 0.176 e. The molecule has 0 atom stereocenters. The third-order valence-electron chi connectivity index (χ3n) is 2.87. The number of anilines is 1. The summed E-state index contributed by atoms with van der Waals surface area (Å²) >= 11 is 3.44. The molecule has 6 heteroatoms. The summed E-state index contributed by atoms with van der Waals surface area (Å²) in [7, 11) is 1.57. The Morgan fingerprint density at radius 1 is 1.23 bits per heavy atom. The van der Waals surface area contributed by atoms with Gasteiger partial charge in [0.25, 0.3) is 0 Å². The molecule has 2 N–H and O–H groups in total. The SMILES string of the molecule is COc1cc(CNNc2ccccc2)cc(Br)c1OCC#N. The van der Waals surface area contributed by atoms with Gasteiger partial charge in [-0.05, 0) is 45.8 Å². The lowest BCUT2D eigenvalue weighted by atomic mass is 10.2. The molecule has 0 saturated heterocycles. The minimum Gasteiger partial charge on any atom is -0.493 e. The average Bonchev–Trinajstić information content (AvgIpc) is 2.54. The lowest BCUT2D eigenvalue weighted by molar-refractivity contribution is 0.327. The van der Waals surface area contributed by atoms with Crippen molar-refractivity contribution in [1.82, 2.24) is 5.43 Å². The molecule has 0 aliphatic heterocycles. The Morgan fingerprint density at radius 2 is 2.00 bits per heavy atom. The average molecular weight is 362 g/mol. The number of hydrazine groups is 1. The van der Waals surface area contributed by atoms with Crippen LogP contribution in [0.2, 0.25) is 0 Å². The Bertz CT molecular complexity index is 656. The van der Waals surface area contributed by atoms with Crippen LogP contribution in [-0.2, 0) is 6.54 Å². The number of methoxy groups -OCH3 is 1. The van der Waals surface area contributed by atoms with Crippen molar-refractivity contribution in [3.05, 3.63) is 52.5 Å². The van der Waals surface area contributed by atoms with Gasteiger partial charge in [-0.3, -0.25) is 0 Å². The standard InChI is InChI=1S/C16H16BrN3O2/c1-21-15-10-12(9-14(17)16(15)22-8-7-18)11-19-20-13-5-3-2-4-6-13/h2-6,9-10,19-20H,8,11H2,1H3. The maximum atomic E-state index is 8.61. The smallest absolute Gasteiger partial charge is 0.176 e. The number of hydrogen-bond acceptors (Lipinski definition) is 5. The molecule has 0 aliphatic rings. The van der Waals surface area contributed by atoms with Gasteiger partial charge in [-0.25, -0.2) is 5.43 Å². The van der Waals surface area contributed by atoms with E-state index in [9.17, 15) is 0 Å².